The van der Waals surface area contributed by atoms with Crippen molar-refractivity contribution < 1.29 is 0 Å². The molecule has 2 heteroatoms. The summed E-state index contributed by atoms with van der Waals surface area (Å²) in [5.74, 6) is 1.67. The van der Waals surface area contributed by atoms with Crippen LogP contribution in [0.3, 0.4) is 0 Å². The second-order valence-corrected chi connectivity index (χ2v) is 6.03. The molecule has 1 aliphatic heterocycles. The van der Waals surface area contributed by atoms with Crippen LogP contribution in [0.4, 0.5) is 5.69 Å². The van der Waals surface area contributed by atoms with E-state index in [9.17, 15) is 0 Å². The Labute approximate surface area is 106 Å². The predicted molar refractivity (Wildman–Crippen MR) is 71.9 cm³/mol. The third-order valence-corrected chi connectivity index (χ3v) is 4.64. The van der Waals surface area contributed by atoms with Crippen molar-refractivity contribution in [3.05, 3.63) is 28.2 Å². The summed E-state index contributed by atoms with van der Waals surface area (Å²) < 4.78 is 1.22. The van der Waals surface area contributed by atoms with Gasteiger partial charge in [-0.25, -0.2) is 0 Å². The first-order chi connectivity index (χ1) is 7.84. The lowest BCUT2D eigenvalue weighted by molar-refractivity contribution is 0.316. The lowest BCUT2D eigenvalue weighted by atomic mass is 9.78. The zero-order valence-electron chi connectivity index (χ0n) is 9.51. The molecular formula is C14H18BrN. The summed E-state index contributed by atoms with van der Waals surface area (Å²) in [5.41, 5.74) is 2.90. The van der Waals surface area contributed by atoms with Crippen molar-refractivity contribution in [2.24, 2.45) is 5.92 Å². The zero-order valence-corrected chi connectivity index (χ0v) is 11.1. The van der Waals surface area contributed by atoms with Gasteiger partial charge in [-0.2, -0.15) is 0 Å². The average Bonchev–Trinajstić information content (AvgIpc) is 2.73. The van der Waals surface area contributed by atoms with Crippen LogP contribution in [0.1, 0.15) is 43.6 Å². The fraction of sp³-hybridized carbons (Fsp3) is 0.571. The van der Waals surface area contributed by atoms with Crippen molar-refractivity contribution >= 4 is 21.6 Å². The highest BCUT2D eigenvalue weighted by Crippen LogP contribution is 2.43. The van der Waals surface area contributed by atoms with E-state index in [2.05, 4.69) is 39.4 Å². The molecule has 1 heterocycles. The zero-order chi connectivity index (χ0) is 11.0. The number of hydrogen-bond acceptors (Lipinski definition) is 1. The highest BCUT2D eigenvalue weighted by molar-refractivity contribution is 9.10. The molecule has 0 aromatic heterocycles. The molecule has 0 bridgehead atoms. The second-order valence-electron chi connectivity index (χ2n) is 5.12. The van der Waals surface area contributed by atoms with Crippen LogP contribution < -0.4 is 5.32 Å². The van der Waals surface area contributed by atoms with Crippen LogP contribution in [0.5, 0.6) is 0 Å². The van der Waals surface area contributed by atoms with E-state index in [1.165, 1.54) is 42.3 Å². The Morgan fingerprint density at radius 2 is 1.94 bits per heavy atom. The number of anilines is 1. The number of hydrogen-bond donors (Lipinski definition) is 1. The van der Waals surface area contributed by atoms with Crippen LogP contribution in [-0.4, -0.2) is 6.54 Å². The van der Waals surface area contributed by atoms with E-state index in [1.807, 2.05) is 0 Å². The second kappa shape index (κ2) is 4.40. The minimum atomic E-state index is 0.757. The Hall–Kier alpha value is -0.500. The molecule has 0 saturated heterocycles. The van der Waals surface area contributed by atoms with E-state index in [4.69, 9.17) is 0 Å². The Kier molecular flexibility index (Phi) is 2.93. The van der Waals surface area contributed by atoms with Gasteiger partial charge in [0.05, 0.1) is 0 Å². The first-order valence-electron chi connectivity index (χ1n) is 6.38. The molecule has 1 atom stereocenters. The van der Waals surface area contributed by atoms with Crippen molar-refractivity contribution in [1.82, 2.24) is 0 Å². The van der Waals surface area contributed by atoms with E-state index < -0.39 is 0 Å². The third kappa shape index (κ3) is 1.88. The average molecular weight is 280 g/mol. The molecule has 0 spiro atoms. The molecule has 86 valence electrons. The molecule has 3 rings (SSSR count). The summed E-state index contributed by atoms with van der Waals surface area (Å²) in [6.07, 6.45) is 7.17. The molecule has 1 fully saturated rings. The number of benzene rings is 1. The smallest absolute Gasteiger partial charge is 0.0377 e. The summed E-state index contributed by atoms with van der Waals surface area (Å²) in [6, 6.07) is 6.66. The molecule has 1 unspecified atom stereocenters. The fourth-order valence-electron chi connectivity index (χ4n) is 3.29. The van der Waals surface area contributed by atoms with Gasteiger partial charge in [0.2, 0.25) is 0 Å². The van der Waals surface area contributed by atoms with Crippen LogP contribution in [0.25, 0.3) is 0 Å². The van der Waals surface area contributed by atoms with Crippen molar-refractivity contribution in [2.75, 3.05) is 11.9 Å². The van der Waals surface area contributed by atoms with Gasteiger partial charge in [-0.3, -0.25) is 0 Å². The molecule has 1 aliphatic carbocycles. The van der Waals surface area contributed by atoms with E-state index >= 15 is 0 Å². The van der Waals surface area contributed by atoms with Crippen LogP contribution >= 0.6 is 15.9 Å². The van der Waals surface area contributed by atoms with Gasteiger partial charge in [0.1, 0.15) is 0 Å². The summed E-state index contributed by atoms with van der Waals surface area (Å²) in [7, 11) is 0. The van der Waals surface area contributed by atoms with E-state index in [0.717, 1.165) is 18.4 Å². The number of fused-ring (bicyclic) bond motifs is 1. The van der Waals surface area contributed by atoms with Crippen molar-refractivity contribution in [1.29, 1.82) is 0 Å². The summed E-state index contributed by atoms with van der Waals surface area (Å²) in [6.45, 7) is 1.15. The maximum atomic E-state index is 3.59. The molecule has 1 aromatic carbocycles. The molecule has 1 saturated carbocycles. The minimum Gasteiger partial charge on any atom is -0.384 e. The predicted octanol–water partition coefficient (Wildman–Crippen LogP) is 4.54. The topological polar surface area (TPSA) is 12.0 Å². The first-order valence-corrected chi connectivity index (χ1v) is 7.17. The standard InChI is InChI=1S/C14H18BrN/c15-11-6-7-14-12(8-11)13(9-16-14)10-4-2-1-3-5-10/h6-8,10,13,16H,1-5,9H2. The van der Waals surface area contributed by atoms with E-state index in [0.29, 0.717) is 0 Å². The van der Waals surface area contributed by atoms with Gasteiger partial charge in [-0.05, 0) is 42.5 Å². The number of halogens is 1. The number of rotatable bonds is 1. The van der Waals surface area contributed by atoms with Crippen LogP contribution in [-0.2, 0) is 0 Å². The molecule has 1 nitrogen and oxygen atoms in total. The quantitative estimate of drug-likeness (QED) is 0.796. The highest BCUT2D eigenvalue weighted by Gasteiger charge is 2.30. The van der Waals surface area contributed by atoms with E-state index in [1.54, 1.807) is 5.56 Å². The van der Waals surface area contributed by atoms with Gasteiger partial charge < -0.3 is 5.32 Å². The fourth-order valence-corrected chi connectivity index (χ4v) is 3.67. The summed E-state index contributed by atoms with van der Waals surface area (Å²) >= 11 is 3.59. The first kappa shape index (κ1) is 10.6. The lowest BCUT2D eigenvalue weighted by Gasteiger charge is -2.27. The number of nitrogens with one attached hydrogen (secondary N) is 1. The molecular weight excluding hydrogens is 262 g/mol. The van der Waals surface area contributed by atoms with Crippen LogP contribution in [0.15, 0.2) is 22.7 Å². The van der Waals surface area contributed by atoms with Crippen molar-refractivity contribution in [3.63, 3.8) is 0 Å². The Morgan fingerprint density at radius 3 is 2.75 bits per heavy atom. The largest absolute Gasteiger partial charge is 0.384 e. The van der Waals surface area contributed by atoms with Gasteiger partial charge in [-0.1, -0.05) is 35.2 Å². The molecule has 2 aliphatic rings. The Balaban J connectivity index is 1.86. The Morgan fingerprint density at radius 1 is 1.12 bits per heavy atom. The van der Waals surface area contributed by atoms with Gasteiger partial charge in [0.25, 0.3) is 0 Å². The van der Waals surface area contributed by atoms with Gasteiger partial charge in [-0.15, -0.1) is 0 Å². The van der Waals surface area contributed by atoms with Gasteiger partial charge in [0.15, 0.2) is 0 Å². The van der Waals surface area contributed by atoms with Crippen LogP contribution in [0, 0.1) is 5.92 Å². The summed E-state index contributed by atoms with van der Waals surface area (Å²) in [5, 5.41) is 3.55. The lowest BCUT2D eigenvalue weighted by Crippen LogP contribution is -2.17. The Bertz CT molecular complexity index is 382. The SMILES string of the molecule is Brc1ccc2c(c1)C(C1CCCCC1)CN2. The van der Waals surface area contributed by atoms with Crippen molar-refractivity contribution in [2.45, 2.75) is 38.0 Å². The molecule has 0 radical (unpaired) electrons. The molecule has 1 aromatic rings. The minimum absolute atomic E-state index is 0.757. The normalized spacial score (nSPS) is 25.2. The van der Waals surface area contributed by atoms with Crippen LogP contribution in [0.2, 0.25) is 0 Å². The third-order valence-electron chi connectivity index (χ3n) is 4.14. The molecule has 16 heavy (non-hydrogen) atoms. The van der Waals surface area contributed by atoms with Crippen molar-refractivity contribution in [3.8, 4) is 0 Å². The maximum Gasteiger partial charge on any atom is 0.0377 e. The van der Waals surface area contributed by atoms with Gasteiger partial charge >= 0.3 is 0 Å². The van der Waals surface area contributed by atoms with E-state index in [-0.39, 0.29) is 0 Å². The summed E-state index contributed by atoms with van der Waals surface area (Å²) in [4.78, 5) is 0. The monoisotopic (exact) mass is 279 g/mol. The van der Waals surface area contributed by atoms with Gasteiger partial charge in [0, 0.05) is 22.6 Å². The maximum absolute atomic E-state index is 3.59. The highest BCUT2D eigenvalue weighted by atomic mass is 79.9. The molecule has 0 amide bonds. The molecule has 1 N–H and O–H groups in total.